The van der Waals surface area contributed by atoms with Crippen LogP contribution in [-0.2, 0) is 0 Å². The van der Waals surface area contributed by atoms with Crippen LogP contribution < -0.4 is 0 Å². The molecule has 0 amide bonds. The molecule has 0 radical (unpaired) electrons. The predicted molar refractivity (Wildman–Crippen MR) is 60.4 cm³/mol. The Morgan fingerprint density at radius 1 is 0.933 bits per heavy atom. The minimum absolute atomic E-state index is 0.530. The van der Waals surface area contributed by atoms with Crippen molar-refractivity contribution in [2.45, 2.75) is 0 Å². The predicted octanol–water partition coefficient (Wildman–Crippen LogP) is 2.56. The van der Waals surface area contributed by atoms with Crippen molar-refractivity contribution in [2.24, 2.45) is 4.99 Å². The fourth-order valence-corrected chi connectivity index (χ4v) is 1.25. The first-order valence-corrected chi connectivity index (χ1v) is 4.60. The SMILES string of the molecule is [N-]=[N+]=C1C=CC(=Nc2ccccc2)C=C1. The second-order valence-corrected chi connectivity index (χ2v) is 3.06. The van der Waals surface area contributed by atoms with Crippen LogP contribution in [0.25, 0.3) is 5.53 Å². The van der Waals surface area contributed by atoms with Crippen molar-refractivity contribution in [3.63, 3.8) is 0 Å². The van der Waals surface area contributed by atoms with Gasteiger partial charge in [0, 0.05) is 12.2 Å². The fourth-order valence-electron chi connectivity index (χ4n) is 1.25. The zero-order chi connectivity index (χ0) is 10.5. The van der Waals surface area contributed by atoms with Crippen LogP contribution in [0.4, 0.5) is 5.69 Å². The van der Waals surface area contributed by atoms with Gasteiger partial charge < -0.3 is 5.53 Å². The molecular formula is C12H9N3. The van der Waals surface area contributed by atoms with E-state index in [1.54, 1.807) is 12.2 Å². The molecule has 0 aliphatic heterocycles. The molecule has 0 saturated heterocycles. The van der Waals surface area contributed by atoms with E-state index in [1.807, 2.05) is 42.5 Å². The monoisotopic (exact) mass is 195 g/mol. The van der Waals surface area contributed by atoms with Gasteiger partial charge >= 0.3 is 5.71 Å². The Bertz CT molecular complexity index is 471. The first kappa shape index (κ1) is 9.31. The van der Waals surface area contributed by atoms with E-state index in [0.717, 1.165) is 11.4 Å². The number of hydrogen-bond acceptors (Lipinski definition) is 1. The van der Waals surface area contributed by atoms with E-state index in [-0.39, 0.29) is 0 Å². The second-order valence-electron chi connectivity index (χ2n) is 3.06. The Morgan fingerprint density at radius 2 is 1.60 bits per heavy atom. The average molecular weight is 195 g/mol. The fraction of sp³-hybridized carbons (Fsp3) is 0. The lowest BCUT2D eigenvalue weighted by Gasteiger charge is -1.97. The van der Waals surface area contributed by atoms with Gasteiger partial charge in [-0.2, -0.15) is 4.79 Å². The van der Waals surface area contributed by atoms with Gasteiger partial charge in [-0.1, -0.05) is 18.2 Å². The highest BCUT2D eigenvalue weighted by molar-refractivity contribution is 6.17. The summed E-state index contributed by atoms with van der Waals surface area (Å²) in [5.74, 6) is 0. The molecular weight excluding hydrogens is 186 g/mol. The summed E-state index contributed by atoms with van der Waals surface area (Å²) in [6, 6.07) is 9.70. The number of benzene rings is 1. The molecule has 0 spiro atoms. The molecule has 0 atom stereocenters. The maximum absolute atomic E-state index is 8.51. The molecule has 72 valence electrons. The Hall–Kier alpha value is -2.25. The molecule has 1 aliphatic rings. The summed E-state index contributed by atoms with van der Waals surface area (Å²) in [4.78, 5) is 7.47. The summed E-state index contributed by atoms with van der Waals surface area (Å²) >= 11 is 0. The minimum atomic E-state index is 0.530. The Balaban J connectivity index is 2.25. The molecule has 0 fully saturated rings. The number of rotatable bonds is 1. The maximum Gasteiger partial charge on any atom is 0.315 e. The molecule has 0 saturated carbocycles. The summed E-state index contributed by atoms with van der Waals surface area (Å²) < 4.78 is 0. The molecule has 1 aliphatic carbocycles. The van der Waals surface area contributed by atoms with Crippen LogP contribution >= 0.6 is 0 Å². The van der Waals surface area contributed by atoms with E-state index in [9.17, 15) is 0 Å². The van der Waals surface area contributed by atoms with Gasteiger partial charge in [-0.15, -0.1) is 0 Å². The van der Waals surface area contributed by atoms with Crippen LogP contribution in [0.1, 0.15) is 0 Å². The van der Waals surface area contributed by atoms with Crippen molar-refractivity contribution in [3.8, 4) is 0 Å². The van der Waals surface area contributed by atoms with Crippen LogP contribution in [0.15, 0.2) is 59.6 Å². The highest BCUT2D eigenvalue weighted by Gasteiger charge is 2.03. The smallest absolute Gasteiger partial charge is 0.315 e. The standard InChI is InChI=1S/C12H9N3/c13-15-12-8-6-11(7-9-12)14-10-4-2-1-3-5-10/h1-9H. The lowest BCUT2D eigenvalue weighted by atomic mass is 10.1. The Labute approximate surface area is 87.7 Å². The minimum Gasteiger partial charge on any atom is -0.361 e. The van der Waals surface area contributed by atoms with Crippen LogP contribution in [0, 0.1) is 0 Å². The third kappa shape index (κ3) is 2.36. The normalized spacial score (nSPS) is 13.9. The van der Waals surface area contributed by atoms with E-state index in [1.165, 1.54) is 0 Å². The van der Waals surface area contributed by atoms with Crippen molar-refractivity contribution in [3.05, 3.63) is 60.2 Å². The van der Waals surface area contributed by atoms with Crippen LogP contribution in [0.2, 0.25) is 0 Å². The van der Waals surface area contributed by atoms with E-state index in [4.69, 9.17) is 5.53 Å². The summed E-state index contributed by atoms with van der Waals surface area (Å²) in [7, 11) is 0. The number of nitrogens with zero attached hydrogens (tertiary/aromatic N) is 3. The van der Waals surface area contributed by atoms with Gasteiger partial charge in [-0.3, -0.25) is 0 Å². The van der Waals surface area contributed by atoms with Crippen molar-refractivity contribution < 1.29 is 4.79 Å². The molecule has 2 rings (SSSR count). The zero-order valence-electron chi connectivity index (χ0n) is 8.04. The number of aliphatic imine (C=N–C) groups is 1. The van der Waals surface area contributed by atoms with E-state index in [2.05, 4.69) is 9.78 Å². The average Bonchev–Trinajstić information content (AvgIpc) is 2.31. The van der Waals surface area contributed by atoms with Gasteiger partial charge in [0.25, 0.3) is 0 Å². The summed E-state index contributed by atoms with van der Waals surface area (Å²) in [6.07, 6.45) is 7.04. The lowest BCUT2D eigenvalue weighted by molar-refractivity contribution is -0.00152. The van der Waals surface area contributed by atoms with Crippen LogP contribution in [-0.4, -0.2) is 16.2 Å². The van der Waals surface area contributed by atoms with E-state index in [0.29, 0.717) is 5.71 Å². The Morgan fingerprint density at radius 3 is 2.20 bits per heavy atom. The first-order valence-electron chi connectivity index (χ1n) is 4.60. The molecule has 0 unspecified atom stereocenters. The maximum atomic E-state index is 8.51. The van der Waals surface area contributed by atoms with Crippen LogP contribution in [0.3, 0.4) is 0 Å². The van der Waals surface area contributed by atoms with Gasteiger partial charge in [-0.05, 0) is 24.3 Å². The molecule has 0 N–H and O–H groups in total. The highest BCUT2D eigenvalue weighted by Crippen LogP contribution is 2.11. The van der Waals surface area contributed by atoms with E-state index < -0.39 is 0 Å². The summed E-state index contributed by atoms with van der Waals surface area (Å²) in [5, 5.41) is 0. The molecule has 1 aromatic carbocycles. The highest BCUT2D eigenvalue weighted by atomic mass is 14.8. The summed E-state index contributed by atoms with van der Waals surface area (Å²) in [5.41, 5.74) is 10.8. The second kappa shape index (κ2) is 4.31. The Kier molecular flexibility index (Phi) is 2.68. The third-order valence-corrected chi connectivity index (χ3v) is 1.98. The van der Waals surface area contributed by atoms with E-state index >= 15 is 0 Å². The van der Waals surface area contributed by atoms with Gasteiger partial charge in [0.2, 0.25) is 0 Å². The largest absolute Gasteiger partial charge is 0.361 e. The van der Waals surface area contributed by atoms with Gasteiger partial charge in [-0.25, -0.2) is 4.99 Å². The summed E-state index contributed by atoms with van der Waals surface area (Å²) in [6.45, 7) is 0. The van der Waals surface area contributed by atoms with Crippen molar-refractivity contribution in [1.29, 1.82) is 0 Å². The molecule has 0 aromatic heterocycles. The van der Waals surface area contributed by atoms with Crippen LogP contribution in [0.5, 0.6) is 0 Å². The van der Waals surface area contributed by atoms with Gasteiger partial charge in [0.1, 0.15) is 0 Å². The molecule has 0 bridgehead atoms. The van der Waals surface area contributed by atoms with Crippen molar-refractivity contribution >= 4 is 17.1 Å². The van der Waals surface area contributed by atoms with Crippen molar-refractivity contribution in [1.82, 2.24) is 0 Å². The third-order valence-electron chi connectivity index (χ3n) is 1.98. The molecule has 15 heavy (non-hydrogen) atoms. The van der Waals surface area contributed by atoms with Crippen molar-refractivity contribution in [2.75, 3.05) is 0 Å². The van der Waals surface area contributed by atoms with Gasteiger partial charge in [0.15, 0.2) is 0 Å². The topological polar surface area (TPSA) is 48.8 Å². The number of para-hydroxylation sites is 1. The molecule has 0 heterocycles. The number of hydrogen-bond donors (Lipinski definition) is 0. The molecule has 3 nitrogen and oxygen atoms in total. The van der Waals surface area contributed by atoms with Gasteiger partial charge in [0.05, 0.1) is 11.4 Å². The molecule has 3 heteroatoms. The number of allylic oxidation sites excluding steroid dienone is 4. The first-order chi connectivity index (χ1) is 7.38. The molecule has 1 aromatic rings. The quantitative estimate of drug-likeness (QED) is 0.375. The zero-order valence-corrected chi connectivity index (χ0v) is 8.04. The lowest BCUT2D eigenvalue weighted by Crippen LogP contribution is -1.99.